The number of aromatic nitrogens is 3. The molecule has 3 rings (SSSR count). The molecule has 1 amide bonds. The van der Waals surface area contributed by atoms with E-state index >= 15 is 0 Å². The number of carbonyl (C=O) groups excluding carboxylic acids is 1. The van der Waals surface area contributed by atoms with Crippen LogP contribution in [0.4, 0.5) is 0 Å². The molecular weight excluding hydrogens is 310 g/mol. The molecular formula is C16H15N5OS. The van der Waals surface area contributed by atoms with Gasteiger partial charge in [0.2, 0.25) is 0 Å². The number of para-hydroxylation sites is 2. The highest BCUT2D eigenvalue weighted by Gasteiger charge is 2.06. The molecule has 7 heteroatoms. The van der Waals surface area contributed by atoms with Gasteiger partial charge in [0.1, 0.15) is 0 Å². The van der Waals surface area contributed by atoms with Gasteiger partial charge in [0, 0.05) is 18.0 Å². The van der Waals surface area contributed by atoms with Crippen LogP contribution in [0.5, 0.6) is 0 Å². The lowest BCUT2D eigenvalue weighted by Crippen LogP contribution is -2.21. The minimum absolute atomic E-state index is 0.182. The molecule has 0 radical (unpaired) electrons. The van der Waals surface area contributed by atoms with Crippen molar-refractivity contribution < 1.29 is 4.79 Å². The van der Waals surface area contributed by atoms with E-state index < -0.39 is 0 Å². The summed E-state index contributed by atoms with van der Waals surface area (Å²) in [6, 6.07) is 11.5. The summed E-state index contributed by atoms with van der Waals surface area (Å²) in [7, 11) is 0. The Morgan fingerprint density at radius 2 is 2.17 bits per heavy atom. The molecule has 0 saturated carbocycles. The summed E-state index contributed by atoms with van der Waals surface area (Å²) in [6.45, 7) is 1.82. The summed E-state index contributed by atoms with van der Waals surface area (Å²) in [5.41, 5.74) is 5.97. The predicted molar refractivity (Wildman–Crippen MR) is 91.4 cm³/mol. The second kappa shape index (κ2) is 7.06. The largest absolute Gasteiger partial charge is 0.333 e. The van der Waals surface area contributed by atoms with E-state index in [2.05, 4.69) is 25.5 Å². The second-order valence-corrected chi connectivity index (χ2v) is 5.79. The van der Waals surface area contributed by atoms with E-state index in [0.29, 0.717) is 10.9 Å². The molecule has 0 unspecified atom stereocenters. The van der Waals surface area contributed by atoms with Gasteiger partial charge in [-0.1, -0.05) is 30.0 Å². The summed E-state index contributed by atoms with van der Waals surface area (Å²) in [5.74, 6) is 0.0580. The topological polar surface area (TPSA) is 83.0 Å². The third kappa shape index (κ3) is 3.95. The molecule has 0 aliphatic heterocycles. The van der Waals surface area contributed by atoms with Crippen molar-refractivity contribution in [2.24, 2.45) is 5.10 Å². The van der Waals surface area contributed by atoms with Gasteiger partial charge in [0.05, 0.1) is 22.5 Å². The number of carbonyl (C=O) groups is 1. The fraction of sp³-hybridized carbons (Fsp3) is 0.125. The van der Waals surface area contributed by atoms with Gasteiger partial charge in [0.25, 0.3) is 5.91 Å². The number of hydrazone groups is 1. The molecule has 0 aliphatic carbocycles. The van der Waals surface area contributed by atoms with E-state index in [1.807, 2.05) is 43.3 Å². The van der Waals surface area contributed by atoms with E-state index in [1.54, 1.807) is 12.4 Å². The molecule has 116 valence electrons. The molecule has 3 aromatic rings. The first-order valence-electron chi connectivity index (χ1n) is 7.03. The molecule has 2 N–H and O–H groups in total. The van der Waals surface area contributed by atoms with Crippen LogP contribution in [0, 0.1) is 0 Å². The SMILES string of the molecule is C/C(=N/NC(=O)CSc1nc2ccccc2[nH]1)c1cccnc1. The van der Waals surface area contributed by atoms with Gasteiger partial charge >= 0.3 is 0 Å². The van der Waals surface area contributed by atoms with E-state index in [9.17, 15) is 4.79 Å². The van der Waals surface area contributed by atoms with Crippen LogP contribution >= 0.6 is 11.8 Å². The Kier molecular flexibility index (Phi) is 4.68. The Morgan fingerprint density at radius 1 is 1.30 bits per heavy atom. The number of fused-ring (bicyclic) bond motifs is 1. The van der Waals surface area contributed by atoms with Crippen molar-refractivity contribution >= 4 is 34.4 Å². The van der Waals surface area contributed by atoms with Crippen molar-refractivity contribution in [3.05, 3.63) is 54.4 Å². The molecule has 0 bridgehead atoms. The van der Waals surface area contributed by atoms with Crippen molar-refractivity contribution in [3.63, 3.8) is 0 Å². The number of nitrogens with zero attached hydrogens (tertiary/aromatic N) is 3. The molecule has 0 atom stereocenters. The molecule has 2 heterocycles. The number of nitrogens with one attached hydrogen (secondary N) is 2. The van der Waals surface area contributed by atoms with Gasteiger partial charge in [-0.2, -0.15) is 5.10 Å². The zero-order valence-corrected chi connectivity index (χ0v) is 13.3. The highest BCUT2D eigenvalue weighted by atomic mass is 32.2. The monoisotopic (exact) mass is 325 g/mol. The number of H-pyrrole nitrogens is 1. The van der Waals surface area contributed by atoms with E-state index in [1.165, 1.54) is 11.8 Å². The molecule has 0 spiro atoms. The molecule has 0 saturated heterocycles. The first kappa shape index (κ1) is 15.2. The number of aromatic amines is 1. The van der Waals surface area contributed by atoms with Crippen LogP contribution in [-0.2, 0) is 4.79 Å². The van der Waals surface area contributed by atoms with Crippen LogP contribution in [0.15, 0.2) is 59.0 Å². The van der Waals surface area contributed by atoms with Crippen molar-refractivity contribution in [1.82, 2.24) is 20.4 Å². The second-order valence-electron chi connectivity index (χ2n) is 4.82. The van der Waals surface area contributed by atoms with Gasteiger partial charge < -0.3 is 4.98 Å². The van der Waals surface area contributed by atoms with Crippen LogP contribution in [0.2, 0.25) is 0 Å². The minimum Gasteiger partial charge on any atom is -0.333 e. The number of benzene rings is 1. The van der Waals surface area contributed by atoms with Gasteiger partial charge in [0.15, 0.2) is 5.16 Å². The van der Waals surface area contributed by atoms with Crippen LogP contribution < -0.4 is 5.43 Å². The first-order chi connectivity index (χ1) is 11.2. The smallest absolute Gasteiger partial charge is 0.250 e. The summed E-state index contributed by atoms with van der Waals surface area (Å²) in [4.78, 5) is 23.5. The number of imidazole rings is 1. The Hall–Kier alpha value is -2.67. The highest BCUT2D eigenvalue weighted by molar-refractivity contribution is 7.99. The highest BCUT2D eigenvalue weighted by Crippen LogP contribution is 2.18. The van der Waals surface area contributed by atoms with Crippen molar-refractivity contribution in [2.75, 3.05) is 5.75 Å². The summed E-state index contributed by atoms with van der Waals surface area (Å²) < 4.78 is 0. The molecule has 6 nitrogen and oxygen atoms in total. The van der Waals surface area contributed by atoms with E-state index in [0.717, 1.165) is 16.6 Å². The van der Waals surface area contributed by atoms with E-state index in [4.69, 9.17) is 0 Å². The minimum atomic E-state index is -0.182. The maximum Gasteiger partial charge on any atom is 0.250 e. The lowest BCUT2D eigenvalue weighted by molar-refractivity contribution is -0.118. The Morgan fingerprint density at radius 3 is 2.96 bits per heavy atom. The maximum atomic E-state index is 11.9. The maximum absolute atomic E-state index is 11.9. The lowest BCUT2D eigenvalue weighted by Gasteiger charge is -2.01. The van der Waals surface area contributed by atoms with Gasteiger partial charge in [-0.25, -0.2) is 10.4 Å². The molecule has 23 heavy (non-hydrogen) atoms. The first-order valence-corrected chi connectivity index (χ1v) is 8.02. The van der Waals surface area contributed by atoms with Crippen LogP contribution in [-0.4, -0.2) is 32.3 Å². The predicted octanol–water partition coefficient (Wildman–Crippen LogP) is 2.59. The van der Waals surface area contributed by atoms with Gasteiger partial charge in [-0.05, 0) is 25.1 Å². The molecule has 1 aromatic carbocycles. The van der Waals surface area contributed by atoms with Crippen LogP contribution in [0.25, 0.3) is 11.0 Å². The third-order valence-corrected chi connectivity index (χ3v) is 4.01. The van der Waals surface area contributed by atoms with Crippen LogP contribution in [0.3, 0.4) is 0 Å². The fourth-order valence-electron chi connectivity index (χ4n) is 1.95. The standard InChI is InChI=1S/C16H15N5OS/c1-11(12-5-4-8-17-9-12)20-21-15(22)10-23-16-18-13-6-2-3-7-14(13)19-16/h2-9H,10H2,1H3,(H,18,19)(H,21,22)/b20-11-. The Balaban J connectivity index is 1.55. The number of amides is 1. The lowest BCUT2D eigenvalue weighted by atomic mass is 10.2. The van der Waals surface area contributed by atoms with Crippen molar-refractivity contribution in [2.45, 2.75) is 12.1 Å². The van der Waals surface area contributed by atoms with Crippen LogP contribution in [0.1, 0.15) is 12.5 Å². The Labute approximate surface area is 137 Å². The number of rotatable bonds is 5. The number of thioether (sulfide) groups is 1. The normalized spacial score (nSPS) is 11.6. The average Bonchev–Trinajstić information content (AvgIpc) is 3.01. The molecule has 0 fully saturated rings. The van der Waals surface area contributed by atoms with Gasteiger partial charge in [-0.3, -0.25) is 9.78 Å². The van der Waals surface area contributed by atoms with Gasteiger partial charge in [-0.15, -0.1) is 0 Å². The summed E-state index contributed by atoms with van der Waals surface area (Å²) in [6.07, 6.45) is 3.40. The number of hydrogen-bond acceptors (Lipinski definition) is 5. The summed E-state index contributed by atoms with van der Waals surface area (Å²) >= 11 is 1.34. The summed E-state index contributed by atoms with van der Waals surface area (Å²) in [5, 5.41) is 4.80. The van der Waals surface area contributed by atoms with Crippen molar-refractivity contribution in [1.29, 1.82) is 0 Å². The number of pyridine rings is 1. The fourth-order valence-corrected chi connectivity index (χ4v) is 2.63. The Bertz CT molecular complexity index is 811. The average molecular weight is 325 g/mol. The zero-order valence-electron chi connectivity index (χ0n) is 12.5. The van der Waals surface area contributed by atoms with E-state index in [-0.39, 0.29) is 11.7 Å². The number of hydrogen-bond donors (Lipinski definition) is 2. The quantitative estimate of drug-likeness (QED) is 0.429. The molecule has 2 aromatic heterocycles. The van der Waals surface area contributed by atoms with Crippen molar-refractivity contribution in [3.8, 4) is 0 Å². The zero-order chi connectivity index (χ0) is 16.1. The molecule has 0 aliphatic rings. The third-order valence-electron chi connectivity index (χ3n) is 3.14.